The van der Waals surface area contributed by atoms with Gasteiger partial charge < -0.3 is 15.7 Å². The smallest absolute Gasteiger partial charge is 0.385 e. The molecule has 0 fully saturated rings. The van der Waals surface area contributed by atoms with Crippen molar-refractivity contribution in [3.8, 4) is 0 Å². The molecule has 2 amide bonds. The Balaban J connectivity index is 1.75. The van der Waals surface area contributed by atoms with Crippen LogP contribution in [0.1, 0.15) is 49.6 Å². The van der Waals surface area contributed by atoms with Gasteiger partial charge >= 0.3 is 12.2 Å². The number of aromatic nitrogens is 1. The lowest BCUT2D eigenvalue weighted by Gasteiger charge is -2.22. The van der Waals surface area contributed by atoms with Crippen molar-refractivity contribution in [1.82, 2.24) is 10.3 Å². The maximum Gasteiger partial charge on any atom is 0.417 e. The van der Waals surface area contributed by atoms with E-state index < -0.39 is 28.8 Å². The lowest BCUT2D eigenvalue weighted by atomic mass is 9.85. The first-order valence-electron chi connectivity index (χ1n) is 9.05. The highest BCUT2D eigenvalue weighted by molar-refractivity contribution is 6.40. The van der Waals surface area contributed by atoms with Crippen LogP contribution in [0.4, 0.5) is 23.7 Å². The van der Waals surface area contributed by atoms with Crippen LogP contribution >= 0.6 is 23.2 Å². The second-order valence-corrected chi connectivity index (χ2v) is 8.93. The Kier molecular flexibility index (Phi) is 5.73. The summed E-state index contributed by atoms with van der Waals surface area (Å²) in [5, 5.41) is 16.2. The second-order valence-electron chi connectivity index (χ2n) is 8.15. The molecule has 0 aliphatic heterocycles. The molecule has 0 saturated carbocycles. The van der Waals surface area contributed by atoms with Gasteiger partial charge in [-0.3, -0.25) is 4.98 Å². The third kappa shape index (κ3) is 4.36. The molecule has 10 heteroatoms. The van der Waals surface area contributed by atoms with Crippen LogP contribution in [0.2, 0.25) is 10.0 Å². The predicted octanol–water partition coefficient (Wildman–Crippen LogP) is 5.62. The van der Waals surface area contributed by atoms with E-state index in [1.807, 2.05) is 13.8 Å². The number of halogens is 5. The molecule has 1 heterocycles. The summed E-state index contributed by atoms with van der Waals surface area (Å²) < 4.78 is 37.8. The molecular formula is C20H20Cl2F3N3O2. The Bertz CT molecular complexity index is 990. The van der Waals surface area contributed by atoms with Crippen LogP contribution in [0.15, 0.2) is 24.4 Å². The first-order chi connectivity index (χ1) is 13.7. The van der Waals surface area contributed by atoms with Gasteiger partial charge in [-0.05, 0) is 48.1 Å². The van der Waals surface area contributed by atoms with E-state index in [2.05, 4.69) is 15.6 Å². The molecule has 3 rings (SSSR count). The summed E-state index contributed by atoms with van der Waals surface area (Å²) in [6, 6.07) is 3.01. The number of carbonyl (C=O) groups excluding carboxylic acids is 1. The average molecular weight is 462 g/mol. The number of fused-ring (bicyclic) bond motifs is 1. The van der Waals surface area contributed by atoms with Gasteiger partial charge in [0.25, 0.3) is 0 Å². The van der Waals surface area contributed by atoms with Crippen molar-refractivity contribution in [3.05, 3.63) is 56.8 Å². The number of rotatable bonds is 3. The Morgan fingerprint density at radius 1 is 1.27 bits per heavy atom. The first kappa shape index (κ1) is 22.7. The molecule has 1 atom stereocenters. The minimum absolute atomic E-state index is 0.0929. The maximum absolute atomic E-state index is 12.6. The van der Waals surface area contributed by atoms with Crippen LogP contribution in [-0.4, -0.2) is 16.1 Å². The molecule has 0 bridgehead atoms. The summed E-state index contributed by atoms with van der Waals surface area (Å²) in [4.78, 5) is 16.0. The molecule has 3 N–H and O–H groups in total. The zero-order valence-corrected chi connectivity index (χ0v) is 17.9. The van der Waals surface area contributed by atoms with Crippen LogP contribution in [0.3, 0.4) is 0 Å². The highest BCUT2D eigenvalue weighted by Crippen LogP contribution is 2.54. The monoisotopic (exact) mass is 461 g/mol. The summed E-state index contributed by atoms with van der Waals surface area (Å²) in [5.74, 6) is 0. The number of alkyl halides is 3. The van der Waals surface area contributed by atoms with Crippen LogP contribution in [0.5, 0.6) is 0 Å². The molecule has 5 nitrogen and oxygen atoms in total. The molecule has 1 aliphatic rings. The molecule has 1 aromatic carbocycles. The molecule has 2 aromatic rings. The fraction of sp³-hybridized carbons (Fsp3) is 0.400. The summed E-state index contributed by atoms with van der Waals surface area (Å²) in [7, 11) is 0. The van der Waals surface area contributed by atoms with Crippen LogP contribution in [0.25, 0.3) is 0 Å². The molecule has 0 radical (unpaired) electrons. The minimum atomic E-state index is -4.48. The zero-order valence-electron chi connectivity index (χ0n) is 16.4. The van der Waals surface area contributed by atoms with Gasteiger partial charge in [-0.15, -0.1) is 0 Å². The number of anilines is 1. The fourth-order valence-electron chi connectivity index (χ4n) is 3.89. The lowest BCUT2D eigenvalue weighted by Crippen LogP contribution is -2.29. The number of benzene rings is 1. The molecular weight excluding hydrogens is 442 g/mol. The van der Waals surface area contributed by atoms with E-state index in [1.54, 1.807) is 13.0 Å². The number of urea groups is 1. The first-order valence-corrected chi connectivity index (χ1v) is 9.80. The van der Waals surface area contributed by atoms with Crippen LogP contribution in [0, 0.1) is 0 Å². The van der Waals surface area contributed by atoms with Gasteiger partial charge in [0.05, 0.1) is 39.1 Å². The maximum atomic E-state index is 12.6. The lowest BCUT2D eigenvalue weighted by molar-refractivity contribution is -0.137. The van der Waals surface area contributed by atoms with E-state index in [0.717, 1.165) is 6.07 Å². The molecule has 1 aromatic heterocycles. The van der Waals surface area contributed by atoms with Crippen molar-refractivity contribution in [2.45, 2.75) is 50.9 Å². The number of amides is 2. The third-order valence-electron chi connectivity index (χ3n) is 5.08. The van der Waals surface area contributed by atoms with Crippen molar-refractivity contribution in [2.24, 2.45) is 0 Å². The van der Waals surface area contributed by atoms with E-state index in [1.165, 1.54) is 6.07 Å². The van der Waals surface area contributed by atoms with Crippen molar-refractivity contribution in [1.29, 1.82) is 0 Å². The zero-order chi connectivity index (χ0) is 22.5. The van der Waals surface area contributed by atoms with Gasteiger partial charge in [-0.25, -0.2) is 4.79 Å². The van der Waals surface area contributed by atoms with E-state index in [9.17, 15) is 23.1 Å². The number of pyridine rings is 1. The van der Waals surface area contributed by atoms with Gasteiger partial charge in [0.2, 0.25) is 0 Å². The number of hydrogen-bond acceptors (Lipinski definition) is 3. The highest BCUT2D eigenvalue weighted by atomic mass is 35.5. The molecule has 0 saturated heterocycles. The summed E-state index contributed by atoms with van der Waals surface area (Å²) in [6.07, 6.45) is -3.33. The van der Waals surface area contributed by atoms with Gasteiger partial charge in [0.15, 0.2) is 0 Å². The van der Waals surface area contributed by atoms with Gasteiger partial charge in [0, 0.05) is 6.20 Å². The quantitative estimate of drug-likeness (QED) is 0.555. The molecule has 1 unspecified atom stereocenters. The Labute approximate surface area is 181 Å². The number of hydrogen-bond donors (Lipinski definition) is 3. The van der Waals surface area contributed by atoms with Crippen molar-refractivity contribution >= 4 is 34.9 Å². The predicted molar refractivity (Wildman–Crippen MR) is 109 cm³/mol. The van der Waals surface area contributed by atoms with E-state index in [-0.39, 0.29) is 28.0 Å². The number of carbonyl (C=O) groups is 1. The minimum Gasteiger partial charge on any atom is -0.385 e. The molecule has 0 spiro atoms. The van der Waals surface area contributed by atoms with Crippen molar-refractivity contribution in [3.63, 3.8) is 0 Å². The van der Waals surface area contributed by atoms with Crippen molar-refractivity contribution in [2.75, 3.05) is 5.32 Å². The Hall–Kier alpha value is -2.03. The standard InChI is InChI=1S/C20H20Cl2F3N3O2/c1-18(2)9-19(3,30)12-6-13(21)16(15(22)14(12)18)28-17(29)27-8-11-5-4-10(7-26-11)20(23,24)25/h4-7,30H,8-9H2,1-3H3,(H2,27,28,29). The van der Waals surface area contributed by atoms with Gasteiger partial charge in [-0.2, -0.15) is 13.2 Å². The average Bonchev–Trinajstić information content (AvgIpc) is 2.80. The van der Waals surface area contributed by atoms with Crippen LogP contribution < -0.4 is 10.6 Å². The normalized spacial score (nSPS) is 20.0. The molecule has 162 valence electrons. The van der Waals surface area contributed by atoms with E-state index in [0.29, 0.717) is 23.7 Å². The summed E-state index contributed by atoms with van der Waals surface area (Å²) in [6.45, 7) is 5.47. The number of nitrogens with one attached hydrogen (secondary N) is 2. The van der Waals surface area contributed by atoms with Gasteiger partial charge in [-0.1, -0.05) is 37.0 Å². The third-order valence-corrected chi connectivity index (χ3v) is 5.76. The van der Waals surface area contributed by atoms with Crippen molar-refractivity contribution < 1.29 is 23.1 Å². The summed E-state index contributed by atoms with van der Waals surface area (Å²) >= 11 is 12.8. The largest absolute Gasteiger partial charge is 0.417 e. The topological polar surface area (TPSA) is 74.2 Å². The Morgan fingerprint density at radius 3 is 2.50 bits per heavy atom. The highest BCUT2D eigenvalue weighted by Gasteiger charge is 2.46. The molecule has 1 aliphatic carbocycles. The fourth-order valence-corrected chi connectivity index (χ4v) is 4.70. The van der Waals surface area contributed by atoms with Gasteiger partial charge in [0.1, 0.15) is 0 Å². The molecule has 30 heavy (non-hydrogen) atoms. The Morgan fingerprint density at radius 2 is 1.93 bits per heavy atom. The summed E-state index contributed by atoms with van der Waals surface area (Å²) in [5.41, 5.74) is -0.632. The number of nitrogens with zero attached hydrogens (tertiary/aromatic N) is 1. The van der Waals surface area contributed by atoms with Crippen LogP contribution in [-0.2, 0) is 23.7 Å². The number of aliphatic hydroxyl groups is 1. The van der Waals surface area contributed by atoms with E-state index in [4.69, 9.17) is 23.2 Å². The second kappa shape index (κ2) is 7.59. The SMILES string of the molecule is CC1(C)CC(C)(O)c2cc(Cl)c(NC(=O)NCc3ccc(C(F)(F)F)cn3)c(Cl)c21. The van der Waals surface area contributed by atoms with E-state index >= 15 is 0 Å².